The molecule has 0 saturated carbocycles. The first kappa shape index (κ1) is 48.3. The van der Waals surface area contributed by atoms with E-state index in [9.17, 15) is 0 Å². The minimum atomic E-state index is -0.306. The maximum atomic E-state index is 6.34. The highest BCUT2D eigenvalue weighted by Gasteiger charge is 2.38. The molecule has 0 fully saturated rings. The first-order chi connectivity index (χ1) is 25.6. The Morgan fingerprint density at radius 2 is 0.673 bits per heavy atom. The van der Waals surface area contributed by atoms with Gasteiger partial charge < -0.3 is 18.9 Å². The van der Waals surface area contributed by atoms with Gasteiger partial charge in [0.2, 0.25) is 0 Å². The molecule has 0 atom stereocenters. The molecule has 0 radical (unpaired) electrons. The van der Waals surface area contributed by atoms with E-state index in [0.717, 1.165) is 45.1 Å². The Hall–Kier alpha value is 0.180. The van der Waals surface area contributed by atoms with E-state index >= 15 is 0 Å². The summed E-state index contributed by atoms with van der Waals surface area (Å²) in [6.07, 6.45) is 44.3. The number of hydrogen-bond donors (Lipinski definition) is 0. The van der Waals surface area contributed by atoms with Crippen molar-refractivity contribution in [1.82, 2.24) is 0 Å². The number of halogens is 2. The lowest BCUT2D eigenvalue weighted by molar-refractivity contribution is -0.0606. The molecule has 306 valence electrons. The molecule has 0 aliphatic carbocycles. The van der Waals surface area contributed by atoms with Crippen LogP contribution in [-0.2, 0) is 9.47 Å². The summed E-state index contributed by atoms with van der Waals surface area (Å²) >= 11 is 8.90. The Morgan fingerprint density at radius 1 is 0.423 bits per heavy atom. The molecule has 0 bridgehead atoms. The van der Waals surface area contributed by atoms with Gasteiger partial charge in [0.05, 0.1) is 18.6 Å². The summed E-state index contributed by atoms with van der Waals surface area (Å²) in [6, 6.07) is 0. The molecule has 0 unspecified atom stereocenters. The fourth-order valence-corrected chi connectivity index (χ4v) is 10.2. The van der Waals surface area contributed by atoms with Crippen LogP contribution >= 0.6 is 43.2 Å². The summed E-state index contributed by atoms with van der Waals surface area (Å²) in [5, 5.41) is 0. The molecule has 0 spiro atoms. The fraction of sp³-hybridized carbons (Fsp3) is 0.911. The van der Waals surface area contributed by atoms with Gasteiger partial charge in [-0.05, 0) is 44.7 Å². The van der Waals surface area contributed by atoms with Crippen LogP contribution in [-0.4, -0.2) is 39.6 Å². The number of fused-ring (bicyclic) bond motifs is 1. The third-order valence-electron chi connectivity index (χ3n) is 10.9. The predicted octanol–water partition coefficient (Wildman–Crippen LogP) is 16.6. The number of hydrogen-bond acceptors (Lipinski definition) is 5. The molecule has 2 rings (SSSR count). The maximum Gasteiger partial charge on any atom is 0.187 e. The third-order valence-corrected chi connectivity index (χ3v) is 13.3. The summed E-state index contributed by atoms with van der Waals surface area (Å²) < 4.78 is 27.2. The molecular weight excluding hydrogens is 796 g/mol. The van der Waals surface area contributed by atoms with E-state index in [0.29, 0.717) is 26.4 Å². The molecule has 0 amide bonds. The Labute approximate surface area is 343 Å². The largest absolute Gasteiger partial charge is 0.487 e. The Balaban J connectivity index is 1.50. The van der Waals surface area contributed by atoms with Crippen LogP contribution in [0.4, 0.5) is 0 Å². The molecule has 7 heteroatoms. The zero-order valence-electron chi connectivity index (χ0n) is 34.2. The molecule has 0 saturated heterocycles. The van der Waals surface area contributed by atoms with Crippen LogP contribution in [0.15, 0.2) is 7.57 Å². The molecule has 2 heterocycles. The SMILES string of the molecule is CCCCCCCCCCCCCCCCCCOCC1(COCCCCCCCCCCCCCCCCCC)COc2c(Br)sc(Br)c2OC1. The zero-order valence-corrected chi connectivity index (χ0v) is 38.2. The fourth-order valence-electron chi connectivity index (χ4n) is 7.38. The van der Waals surface area contributed by atoms with E-state index in [-0.39, 0.29) is 5.41 Å². The molecular formula is C45H82Br2O4S. The first-order valence-electron chi connectivity index (χ1n) is 22.5. The Kier molecular flexibility index (Phi) is 32.0. The smallest absolute Gasteiger partial charge is 0.187 e. The van der Waals surface area contributed by atoms with Crippen LogP contribution in [0.2, 0.25) is 0 Å². The molecule has 1 aliphatic heterocycles. The van der Waals surface area contributed by atoms with E-state index < -0.39 is 0 Å². The lowest BCUT2D eigenvalue weighted by Crippen LogP contribution is -2.42. The molecule has 52 heavy (non-hydrogen) atoms. The Bertz CT molecular complexity index is 855. The number of ether oxygens (including phenoxy) is 4. The quantitative estimate of drug-likeness (QED) is 0.0620. The molecule has 1 aliphatic rings. The van der Waals surface area contributed by atoms with Gasteiger partial charge in [0.1, 0.15) is 20.8 Å². The summed E-state index contributed by atoms with van der Waals surface area (Å²) in [5.74, 6) is 1.60. The van der Waals surface area contributed by atoms with Crippen LogP contribution < -0.4 is 9.47 Å². The third kappa shape index (κ3) is 24.6. The van der Waals surface area contributed by atoms with Gasteiger partial charge in [-0.2, -0.15) is 0 Å². The van der Waals surface area contributed by atoms with E-state index in [1.807, 2.05) is 0 Å². The first-order valence-corrected chi connectivity index (χ1v) is 24.9. The standard InChI is InChI=1S/C45H82Br2O4S/c1-3-5-7-9-11-13-15-17-19-21-23-25-27-29-31-33-35-48-37-45(39-50-41-42(51-40-45)44(47)52-43(41)46)38-49-36-34-32-30-28-26-24-22-20-18-16-14-12-10-8-6-4-2/h3-40H2,1-2H3. The lowest BCUT2D eigenvalue weighted by Gasteiger charge is -2.30. The van der Waals surface area contributed by atoms with Gasteiger partial charge >= 0.3 is 0 Å². The normalized spacial score (nSPS) is 13.9. The van der Waals surface area contributed by atoms with Gasteiger partial charge in [-0.15, -0.1) is 11.3 Å². The average Bonchev–Trinajstić information content (AvgIpc) is 3.28. The highest BCUT2D eigenvalue weighted by Crippen LogP contribution is 2.50. The maximum absolute atomic E-state index is 6.34. The van der Waals surface area contributed by atoms with Crippen LogP contribution in [0.3, 0.4) is 0 Å². The van der Waals surface area contributed by atoms with Crippen molar-refractivity contribution < 1.29 is 18.9 Å². The van der Waals surface area contributed by atoms with Crippen molar-refractivity contribution in [2.45, 2.75) is 219 Å². The zero-order chi connectivity index (χ0) is 37.2. The number of thiophene rings is 1. The van der Waals surface area contributed by atoms with E-state index in [2.05, 4.69) is 45.7 Å². The van der Waals surface area contributed by atoms with Gasteiger partial charge in [-0.1, -0.05) is 206 Å². The highest BCUT2D eigenvalue weighted by molar-refractivity contribution is 9.12. The minimum Gasteiger partial charge on any atom is -0.487 e. The second kappa shape index (κ2) is 34.4. The monoisotopic (exact) mass is 876 g/mol. The summed E-state index contributed by atoms with van der Waals surface area (Å²) in [4.78, 5) is 0. The summed E-state index contributed by atoms with van der Waals surface area (Å²) in [7, 11) is 0. The van der Waals surface area contributed by atoms with Crippen molar-refractivity contribution >= 4 is 43.2 Å². The second-order valence-corrected chi connectivity index (χ2v) is 19.8. The van der Waals surface area contributed by atoms with Gasteiger partial charge in [0.15, 0.2) is 11.5 Å². The predicted molar refractivity (Wildman–Crippen MR) is 234 cm³/mol. The van der Waals surface area contributed by atoms with Gasteiger partial charge in [-0.3, -0.25) is 0 Å². The molecule has 1 aromatic heterocycles. The molecule has 0 N–H and O–H groups in total. The molecule has 0 aromatic carbocycles. The van der Waals surface area contributed by atoms with Gasteiger partial charge in [0, 0.05) is 13.2 Å². The van der Waals surface area contributed by atoms with E-state index in [1.165, 1.54) is 193 Å². The van der Waals surface area contributed by atoms with Crippen molar-refractivity contribution in [3.8, 4) is 11.5 Å². The molecule has 4 nitrogen and oxygen atoms in total. The highest BCUT2D eigenvalue weighted by atomic mass is 79.9. The second-order valence-electron chi connectivity index (χ2n) is 16.1. The average molecular weight is 879 g/mol. The Morgan fingerprint density at radius 3 is 0.942 bits per heavy atom. The summed E-state index contributed by atoms with van der Waals surface area (Å²) in [6.45, 7) is 8.49. The van der Waals surface area contributed by atoms with Crippen molar-refractivity contribution in [3.05, 3.63) is 7.57 Å². The molecule has 1 aromatic rings. The van der Waals surface area contributed by atoms with E-state index in [4.69, 9.17) is 18.9 Å². The topological polar surface area (TPSA) is 36.9 Å². The minimum absolute atomic E-state index is 0.306. The van der Waals surface area contributed by atoms with Crippen molar-refractivity contribution in [2.24, 2.45) is 5.41 Å². The summed E-state index contributed by atoms with van der Waals surface area (Å²) in [5.41, 5.74) is -0.306. The van der Waals surface area contributed by atoms with Crippen LogP contribution in [0.25, 0.3) is 0 Å². The van der Waals surface area contributed by atoms with E-state index in [1.54, 1.807) is 11.3 Å². The lowest BCUT2D eigenvalue weighted by atomic mass is 9.92. The van der Waals surface area contributed by atoms with Crippen molar-refractivity contribution in [3.63, 3.8) is 0 Å². The van der Waals surface area contributed by atoms with Gasteiger partial charge in [0.25, 0.3) is 0 Å². The van der Waals surface area contributed by atoms with Crippen LogP contribution in [0.5, 0.6) is 11.5 Å². The van der Waals surface area contributed by atoms with Crippen molar-refractivity contribution in [1.29, 1.82) is 0 Å². The number of rotatable bonds is 38. The number of unbranched alkanes of at least 4 members (excludes halogenated alkanes) is 30. The van der Waals surface area contributed by atoms with Crippen molar-refractivity contribution in [2.75, 3.05) is 39.6 Å². The van der Waals surface area contributed by atoms with Gasteiger partial charge in [-0.25, -0.2) is 0 Å². The van der Waals surface area contributed by atoms with Crippen LogP contribution in [0.1, 0.15) is 219 Å². The van der Waals surface area contributed by atoms with Crippen LogP contribution in [0, 0.1) is 5.41 Å².